The summed E-state index contributed by atoms with van der Waals surface area (Å²) in [5, 5.41) is 0. The Hall–Kier alpha value is -1.96. The third-order valence-electron chi connectivity index (χ3n) is 4.40. The molecule has 2 fully saturated rings. The summed E-state index contributed by atoms with van der Waals surface area (Å²) >= 11 is 1.74. The van der Waals surface area contributed by atoms with Gasteiger partial charge in [0.05, 0.1) is 5.75 Å². The van der Waals surface area contributed by atoms with Crippen LogP contribution in [0.3, 0.4) is 0 Å². The molecular weight excluding hydrogens is 372 g/mol. The molecule has 7 heteroatoms. The van der Waals surface area contributed by atoms with E-state index < -0.39 is 22.5 Å². The molecule has 1 unspecified atom stereocenters. The maximum atomic E-state index is 11.8. The zero-order chi connectivity index (χ0) is 17.3. The van der Waals surface area contributed by atoms with Crippen molar-refractivity contribution < 1.29 is 23.4 Å². The second kappa shape index (κ2) is 7.73. The first kappa shape index (κ1) is 18.8. The summed E-state index contributed by atoms with van der Waals surface area (Å²) < 4.78 is 11.1. The molecule has 26 heavy (non-hydrogen) atoms. The Balaban J connectivity index is 0.00000196. The number of carbonyl (C=O) groups excluding carboxylic acids is 2. The number of carbonyl (C=O) groups is 2. The van der Waals surface area contributed by atoms with Gasteiger partial charge in [-0.3, -0.25) is 0 Å². The Morgan fingerprint density at radius 2 is 1.38 bits per heavy atom. The van der Waals surface area contributed by atoms with E-state index in [-0.39, 0.29) is 16.0 Å². The molecular formula is C19H20O5S2. The Morgan fingerprint density at radius 3 is 1.88 bits per heavy atom. The van der Waals surface area contributed by atoms with Gasteiger partial charge in [0.2, 0.25) is 0 Å². The minimum Gasteiger partial charge on any atom is -0.412 e. The summed E-state index contributed by atoms with van der Waals surface area (Å²) in [4.78, 5) is 23.6. The highest BCUT2D eigenvalue weighted by atomic mass is 32.3. The highest BCUT2D eigenvalue weighted by Gasteiger charge is 2.51. The van der Waals surface area contributed by atoms with E-state index in [1.807, 2.05) is 36.4 Å². The van der Waals surface area contributed by atoms with Crippen molar-refractivity contribution in [3.8, 4) is 0 Å². The molecule has 2 heterocycles. The average Bonchev–Trinajstić information content (AvgIpc) is 2.93. The van der Waals surface area contributed by atoms with E-state index in [1.54, 1.807) is 11.8 Å². The molecule has 1 atom stereocenters. The Labute approximate surface area is 158 Å². The van der Waals surface area contributed by atoms with E-state index in [0.717, 1.165) is 23.3 Å². The maximum absolute atomic E-state index is 11.8. The Morgan fingerprint density at radius 1 is 0.885 bits per heavy atom. The number of hydrogen-bond donors (Lipinski definition) is 0. The fourth-order valence-corrected chi connectivity index (χ4v) is 8.75. The summed E-state index contributed by atoms with van der Waals surface area (Å²) in [6.45, 7) is 0. The molecule has 2 N–H and O–H groups in total. The van der Waals surface area contributed by atoms with Crippen LogP contribution in [0.4, 0.5) is 0 Å². The first-order valence-corrected chi connectivity index (χ1v) is 10.9. The molecule has 0 radical (unpaired) electrons. The first-order chi connectivity index (χ1) is 12.2. The van der Waals surface area contributed by atoms with Crippen LogP contribution in [0.15, 0.2) is 60.7 Å². The molecule has 4 rings (SSSR count). The van der Waals surface area contributed by atoms with Gasteiger partial charge in [0, 0.05) is 5.92 Å². The summed E-state index contributed by atoms with van der Waals surface area (Å²) in [5.74, 6) is -0.102. The second-order valence-corrected chi connectivity index (χ2v) is 10.1. The maximum Gasteiger partial charge on any atom is 0.441 e. The van der Waals surface area contributed by atoms with Gasteiger partial charge in [0.15, 0.2) is 0 Å². The minimum atomic E-state index is -2.23. The standard InChI is InChI=1S/C19H18O4S2.H2O/c20-17-18(21)23-25(22-17)13-7-12-24-19(25)16(14-8-3-1-4-9-14)15-10-5-2-6-11-15;/h1-6,8-11,16,19H,7,12-13H2;1H2. The highest BCUT2D eigenvalue weighted by Crippen LogP contribution is 2.68. The predicted molar refractivity (Wildman–Crippen MR) is 104 cm³/mol. The van der Waals surface area contributed by atoms with E-state index in [0.29, 0.717) is 5.75 Å². The van der Waals surface area contributed by atoms with Crippen LogP contribution in [0.2, 0.25) is 0 Å². The van der Waals surface area contributed by atoms with Crippen molar-refractivity contribution >= 4 is 34.3 Å². The third kappa shape index (κ3) is 3.34. The van der Waals surface area contributed by atoms with Crippen molar-refractivity contribution in [2.24, 2.45) is 0 Å². The molecule has 2 saturated heterocycles. The van der Waals surface area contributed by atoms with Crippen LogP contribution in [-0.2, 0) is 18.0 Å². The molecule has 2 aromatic rings. The lowest BCUT2D eigenvalue weighted by Crippen LogP contribution is -2.30. The van der Waals surface area contributed by atoms with Crippen LogP contribution in [-0.4, -0.2) is 33.5 Å². The van der Waals surface area contributed by atoms with Crippen molar-refractivity contribution in [2.45, 2.75) is 16.9 Å². The zero-order valence-electron chi connectivity index (χ0n) is 14.0. The number of benzene rings is 2. The quantitative estimate of drug-likeness (QED) is 0.749. The molecule has 0 amide bonds. The predicted octanol–water partition coefficient (Wildman–Crippen LogP) is 3.19. The van der Waals surface area contributed by atoms with Crippen LogP contribution in [0.1, 0.15) is 23.5 Å². The van der Waals surface area contributed by atoms with E-state index in [2.05, 4.69) is 24.3 Å². The van der Waals surface area contributed by atoms with E-state index in [9.17, 15) is 9.59 Å². The summed E-state index contributed by atoms with van der Waals surface area (Å²) in [6, 6.07) is 20.3. The fraction of sp³-hybridized carbons (Fsp3) is 0.263. The van der Waals surface area contributed by atoms with Gasteiger partial charge in [-0.05, 0) is 23.3 Å². The van der Waals surface area contributed by atoms with Crippen molar-refractivity contribution in [1.29, 1.82) is 0 Å². The molecule has 0 saturated carbocycles. The monoisotopic (exact) mass is 392 g/mol. The lowest BCUT2D eigenvalue weighted by atomic mass is 9.93. The van der Waals surface area contributed by atoms with E-state index >= 15 is 0 Å². The fourth-order valence-electron chi connectivity index (χ4n) is 3.33. The normalized spacial score (nSPS) is 22.4. The lowest BCUT2D eigenvalue weighted by molar-refractivity contribution is -0.150. The van der Waals surface area contributed by atoms with Gasteiger partial charge in [-0.2, -0.15) is 0 Å². The Bertz CT molecular complexity index is 726. The van der Waals surface area contributed by atoms with Gasteiger partial charge in [-0.1, -0.05) is 71.3 Å². The van der Waals surface area contributed by atoms with Crippen LogP contribution >= 0.6 is 22.4 Å². The molecule has 138 valence electrons. The third-order valence-corrected chi connectivity index (χ3v) is 9.52. The van der Waals surface area contributed by atoms with Gasteiger partial charge >= 0.3 is 11.9 Å². The molecule has 2 aliphatic heterocycles. The van der Waals surface area contributed by atoms with Crippen LogP contribution in [0, 0.1) is 0 Å². The molecule has 1 spiro atoms. The van der Waals surface area contributed by atoms with Crippen LogP contribution < -0.4 is 0 Å². The van der Waals surface area contributed by atoms with Gasteiger partial charge < -0.3 is 13.8 Å². The van der Waals surface area contributed by atoms with Gasteiger partial charge in [-0.15, -0.1) is 11.8 Å². The first-order valence-electron chi connectivity index (χ1n) is 8.18. The van der Waals surface area contributed by atoms with Gasteiger partial charge in [-0.25, -0.2) is 9.59 Å². The van der Waals surface area contributed by atoms with Gasteiger partial charge in [0.25, 0.3) is 0 Å². The summed E-state index contributed by atoms with van der Waals surface area (Å²) in [7, 11) is -2.23. The molecule has 5 nitrogen and oxygen atoms in total. The SMILES string of the molecule is O.O=C1OS2(CCCSC2C(c2ccccc2)c2ccccc2)OC1=O. The summed E-state index contributed by atoms with van der Waals surface area (Å²) in [6.07, 6.45) is 0.882. The molecule has 2 aromatic carbocycles. The van der Waals surface area contributed by atoms with Gasteiger partial charge in [0.1, 0.15) is 4.58 Å². The smallest absolute Gasteiger partial charge is 0.412 e. The number of rotatable bonds is 3. The lowest BCUT2D eigenvalue weighted by Gasteiger charge is -2.48. The van der Waals surface area contributed by atoms with Crippen molar-refractivity contribution in [1.82, 2.24) is 0 Å². The molecule has 0 bridgehead atoms. The van der Waals surface area contributed by atoms with Crippen LogP contribution in [0.25, 0.3) is 0 Å². The Kier molecular flexibility index (Phi) is 5.60. The largest absolute Gasteiger partial charge is 0.441 e. The number of hydrogen-bond acceptors (Lipinski definition) is 5. The van der Waals surface area contributed by atoms with E-state index in [4.69, 9.17) is 8.37 Å². The van der Waals surface area contributed by atoms with Crippen LogP contribution in [0.5, 0.6) is 0 Å². The van der Waals surface area contributed by atoms with Crippen molar-refractivity contribution in [3.05, 3.63) is 71.8 Å². The minimum absolute atomic E-state index is 0. The second-order valence-electron chi connectivity index (χ2n) is 6.00. The summed E-state index contributed by atoms with van der Waals surface area (Å²) in [5.41, 5.74) is 2.28. The van der Waals surface area contributed by atoms with Crippen molar-refractivity contribution in [2.75, 3.05) is 11.5 Å². The van der Waals surface area contributed by atoms with E-state index in [1.165, 1.54) is 0 Å². The molecule has 0 aliphatic carbocycles. The zero-order valence-corrected chi connectivity index (χ0v) is 15.6. The van der Waals surface area contributed by atoms with Crippen molar-refractivity contribution in [3.63, 3.8) is 0 Å². The number of thioether (sulfide) groups is 1. The molecule has 2 aliphatic rings. The highest BCUT2D eigenvalue weighted by molar-refractivity contribution is 8.35. The average molecular weight is 392 g/mol. The topological polar surface area (TPSA) is 84.1 Å². The molecule has 0 aromatic heterocycles.